The van der Waals surface area contributed by atoms with E-state index < -0.39 is 0 Å². The molecule has 0 fully saturated rings. The number of hydrogen-bond donors (Lipinski definition) is 2. The number of halogens is 1. The molecule has 0 aliphatic rings. The molecule has 0 saturated carbocycles. The minimum absolute atomic E-state index is 0.189. The fourth-order valence-electron chi connectivity index (χ4n) is 1.10. The van der Waals surface area contributed by atoms with Crippen molar-refractivity contribution in [2.24, 2.45) is 10.8 Å². The highest BCUT2D eigenvalue weighted by molar-refractivity contribution is 9.10. The van der Waals surface area contributed by atoms with Crippen LogP contribution in [0.1, 0.15) is 12.0 Å². The molecule has 0 radical (unpaired) electrons. The summed E-state index contributed by atoms with van der Waals surface area (Å²) >= 11 is 8.03. The van der Waals surface area contributed by atoms with Crippen LogP contribution < -0.4 is 11.2 Å². The van der Waals surface area contributed by atoms with E-state index in [4.69, 9.17) is 5.73 Å². The summed E-state index contributed by atoms with van der Waals surface area (Å²) in [5.74, 6) is 0. The summed E-state index contributed by atoms with van der Waals surface area (Å²) in [5.41, 5.74) is 8.99. The fourth-order valence-corrected chi connectivity index (χ4v) is 1.60. The van der Waals surface area contributed by atoms with Crippen LogP contribution in [0.25, 0.3) is 0 Å². The van der Waals surface area contributed by atoms with Crippen molar-refractivity contribution in [3.63, 3.8) is 0 Å². The molecule has 3 nitrogen and oxygen atoms in total. The summed E-state index contributed by atoms with van der Waals surface area (Å²) in [5, 5.41) is 4.04. The third-order valence-corrected chi connectivity index (χ3v) is 2.30. The first-order valence-corrected chi connectivity index (χ1v) is 5.70. The summed E-state index contributed by atoms with van der Waals surface area (Å²) in [6, 6.07) is 8.20. The highest BCUT2D eigenvalue weighted by Crippen LogP contribution is 2.12. The van der Waals surface area contributed by atoms with E-state index >= 15 is 0 Å². The summed E-state index contributed by atoms with van der Waals surface area (Å²) in [4.78, 5) is 0. The quantitative estimate of drug-likeness (QED) is 0.507. The molecule has 0 aliphatic heterocycles. The van der Waals surface area contributed by atoms with Crippen molar-refractivity contribution in [3.05, 3.63) is 34.3 Å². The van der Waals surface area contributed by atoms with Crippen molar-refractivity contribution in [2.75, 3.05) is 0 Å². The first kappa shape index (κ1) is 12.1. The second kappa shape index (κ2) is 6.53. The van der Waals surface area contributed by atoms with Gasteiger partial charge in [0.25, 0.3) is 0 Å². The van der Waals surface area contributed by atoms with Crippen molar-refractivity contribution in [3.8, 4) is 0 Å². The van der Waals surface area contributed by atoms with Crippen molar-refractivity contribution in [1.29, 1.82) is 0 Å². The van der Waals surface area contributed by atoms with E-state index in [1.165, 1.54) is 5.56 Å². The Labute approximate surface area is 103 Å². The van der Waals surface area contributed by atoms with Crippen LogP contribution in [0.3, 0.4) is 0 Å². The van der Waals surface area contributed by atoms with Gasteiger partial charge in [-0.1, -0.05) is 28.1 Å². The van der Waals surface area contributed by atoms with Crippen LogP contribution in [0.15, 0.2) is 33.8 Å². The van der Waals surface area contributed by atoms with Gasteiger partial charge in [0.05, 0.1) is 0 Å². The third kappa shape index (κ3) is 5.49. The second-order valence-corrected chi connectivity index (χ2v) is 4.31. The Morgan fingerprint density at radius 2 is 2.40 bits per heavy atom. The maximum absolute atomic E-state index is 5.21. The molecule has 0 amide bonds. The van der Waals surface area contributed by atoms with Gasteiger partial charge in [-0.2, -0.15) is 5.10 Å². The van der Waals surface area contributed by atoms with Crippen LogP contribution >= 0.6 is 28.1 Å². The van der Waals surface area contributed by atoms with Gasteiger partial charge in [0.15, 0.2) is 5.11 Å². The Balaban J connectivity index is 2.31. The topological polar surface area (TPSA) is 50.4 Å². The molecule has 1 rings (SSSR count). The molecule has 0 atom stereocenters. The van der Waals surface area contributed by atoms with Crippen molar-refractivity contribution < 1.29 is 0 Å². The average Bonchev–Trinajstić information content (AvgIpc) is 2.17. The van der Waals surface area contributed by atoms with E-state index in [-0.39, 0.29) is 5.11 Å². The van der Waals surface area contributed by atoms with Gasteiger partial charge in [0.1, 0.15) is 0 Å². The van der Waals surface area contributed by atoms with E-state index in [1.807, 2.05) is 12.1 Å². The molecule has 0 heterocycles. The predicted octanol–water partition coefficient (Wildman–Crippen LogP) is 2.20. The lowest BCUT2D eigenvalue weighted by atomic mass is 10.1. The number of benzene rings is 1. The van der Waals surface area contributed by atoms with Crippen molar-refractivity contribution in [1.82, 2.24) is 5.43 Å². The molecule has 0 saturated heterocycles. The number of nitrogens with two attached hydrogens (primary N) is 1. The zero-order valence-electron chi connectivity index (χ0n) is 8.11. The Bertz CT molecular complexity index is 365. The highest BCUT2D eigenvalue weighted by atomic mass is 79.9. The van der Waals surface area contributed by atoms with Gasteiger partial charge < -0.3 is 5.73 Å². The zero-order valence-corrected chi connectivity index (χ0v) is 10.5. The van der Waals surface area contributed by atoms with Crippen LogP contribution in [-0.4, -0.2) is 11.3 Å². The van der Waals surface area contributed by atoms with Gasteiger partial charge in [-0.25, -0.2) is 0 Å². The zero-order chi connectivity index (χ0) is 11.1. The summed E-state index contributed by atoms with van der Waals surface area (Å²) < 4.78 is 1.10. The largest absolute Gasteiger partial charge is 0.375 e. The van der Waals surface area contributed by atoms with Gasteiger partial charge in [0.2, 0.25) is 0 Å². The molecule has 0 spiro atoms. The monoisotopic (exact) mass is 285 g/mol. The first-order chi connectivity index (χ1) is 7.18. The van der Waals surface area contributed by atoms with Gasteiger partial charge in [0, 0.05) is 10.7 Å². The Kier molecular flexibility index (Phi) is 5.28. The Hall–Kier alpha value is -0.940. The van der Waals surface area contributed by atoms with E-state index in [2.05, 4.69) is 50.8 Å². The molecule has 0 aromatic heterocycles. The lowest BCUT2D eigenvalue weighted by Crippen LogP contribution is -2.23. The van der Waals surface area contributed by atoms with Gasteiger partial charge in [-0.15, -0.1) is 0 Å². The standard InChI is InChI=1S/C10H12BrN3S/c11-9-5-1-3-8(7-9)4-2-6-13-14-10(12)15/h1,3,5-7H,2,4H2,(H3,12,14,15)/b13-6+. The van der Waals surface area contributed by atoms with Crippen molar-refractivity contribution >= 4 is 39.5 Å². The smallest absolute Gasteiger partial charge is 0.184 e. The van der Waals surface area contributed by atoms with Gasteiger partial charge in [-0.3, -0.25) is 5.43 Å². The van der Waals surface area contributed by atoms with Crippen LogP contribution in [0.4, 0.5) is 0 Å². The number of nitrogens with one attached hydrogen (secondary N) is 1. The molecule has 80 valence electrons. The van der Waals surface area contributed by atoms with Gasteiger partial charge in [-0.05, 0) is 42.8 Å². The molecule has 0 aliphatic carbocycles. The molecule has 1 aromatic carbocycles. The number of thiocarbonyl (C=S) groups is 1. The SMILES string of the molecule is NC(=S)N/N=C/CCc1cccc(Br)c1. The van der Waals surface area contributed by atoms with Crippen LogP contribution in [0, 0.1) is 0 Å². The third-order valence-electron chi connectivity index (χ3n) is 1.72. The minimum atomic E-state index is 0.189. The maximum atomic E-state index is 5.21. The average molecular weight is 286 g/mol. The molecular formula is C10H12BrN3S. The second-order valence-electron chi connectivity index (χ2n) is 2.96. The Morgan fingerprint density at radius 3 is 3.07 bits per heavy atom. The van der Waals surface area contributed by atoms with Crippen LogP contribution in [0.2, 0.25) is 0 Å². The number of hydrogen-bond acceptors (Lipinski definition) is 2. The summed E-state index contributed by atoms with van der Waals surface area (Å²) in [7, 11) is 0. The maximum Gasteiger partial charge on any atom is 0.184 e. The predicted molar refractivity (Wildman–Crippen MR) is 70.9 cm³/mol. The van der Waals surface area contributed by atoms with E-state index in [0.717, 1.165) is 17.3 Å². The minimum Gasteiger partial charge on any atom is -0.375 e. The number of hydrazone groups is 1. The van der Waals surface area contributed by atoms with E-state index in [9.17, 15) is 0 Å². The van der Waals surface area contributed by atoms with Crippen molar-refractivity contribution in [2.45, 2.75) is 12.8 Å². The summed E-state index contributed by atoms with van der Waals surface area (Å²) in [6.45, 7) is 0. The molecular weight excluding hydrogens is 274 g/mol. The van der Waals surface area contributed by atoms with Gasteiger partial charge >= 0.3 is 0 Å². The highest BCUT2D eigenvalue weighted by Gasteiger charge is 1.92. The molecule has 0 bridgehead atoms. The fraction of sp³-hybridized carbons (Fsp3) is 0.200. The first-order valence-electron chi connectivity index (χ1n) is 4.50. The molecule has 15 heavy (non-hydrogen) atoms. The number of aryl methyl sites for hydroxylation is 1. The molecule has 3 N–H and O–H groups in total. The van der Waals surface area contributed by atoms with Crippen LogP contribution in [-0.2, 0) is 6.42 Å². The lowest BCUT2D eigenvalue weighted by Gasteiger charge is -1.98. The summed E-state index contributed by atoms with van der Waals surface area (Å²) in [6.07, 6.45) is 3.56. The molecule has 0 unspecified atom stereocenters. The molecule has 1 aromatic rings. The number of rotatable bonds is 4. The Morgan fingerprint density at radius 1 is 1.60 bits per heavy atom. The normalized spacial score (nSPS) is 10.5. The lowest BCUT2D eigenvalue weighted by molar-refractivity contribution is 0.994. The number of nitrogens with zero attached hydrogens (tertiary/aromatic N) is 1. The van der Waals surface area contributed by atoms with E-state index in [1.54, 1.807) is 6.21 Å². The van der Waals surface area contributed by atoms with Crippen LogP contribution in [0.5, 0.6) is 0 Å². The molecule has 5 heteroatoms. The van der Waals surface area contributed by atoms with E-state index in [0.29, 0.717) is 0 Å².